The monoisotopic (exact) mass is 261 g/mol. The van der Waals surface area contributed by atoms with Crippen LogP contribution in [0.1, 0.15) is 31.1 Å². The molecule has 2 aromatic rings. The molecule has 0 saturated heterocycles. The predicted molar refractivity (Wildman–Crippen MR) is 74.6 cm³/mol. The van der Waals surface area contributed by atoms with Gasteiger partial charge in [-0.1, -0.05) is 0 Å². The van der Waals surface area contributed by atoms with Gasteiger partial charge in [0.25, 0.3) is 5.91 Å². The maximum atomic E-state index is 12.4. The average molecular weight is 261 g/mol. The lowest BCUT2D eigenvalue weighted by Gasteiger charge is -2.19. The van der Waals surface area contributed by atoms with Crippen molar-refractivity contribution in [1.82, 2.24) is 4.90 Å². The standard InChI is InChI=1S/C15H19NO3/c1-4-16(5-2)15(17)11-9-13(18-6-3)12-7-8-19-14(12)10-11/h7-10H,4-6H2,1-3H3. The number of rotatable bonds is 5. The van der Waals surface area contributed by atoms with E-state index in [4.69, 9.17) is 9.15 Å². The van der Waals surface area contributed by atoms with Crippen molar-refractivity contribution < 1.29 is 13.9 Å². The first-order valence-electron chi connectivity index (χ1n) is 6.64. The molecule has 1 amide bonds. The molecule has 0 fully saturated rings. The molecule has 0 atom stereocenters. The van der Waals surface area contributed by atoms with E-state index in [9.17, 15) is 4.79 Å². The molecule has 4 heteroatoms. The Kier molecular flexibility index (Phi) is 4.10. The maximum Gasteiger partial charge on any atom is 0.254 e. The highest BCUT2D eigenvalue weighted by Crippen LogP contribution is 2.29. The van der Waals surface area contributed by atoms with E-state index in [1.807, 2.05) is 26.8 Å². The van der Waals surface area contributed by atoms with Crippen LogP contribution < -0.4 is 4.74 Å². The van der Waals surface area contributed by atoms with Crippen LogP contribution in [0.2, 0.25) is 0 Å². The zero-order valence-electron chi connectivity index (χ0n) is 11.6. The molecule has 0 radical (unpaired) electrons. The first-order valence-corrected chi connectivity index (χ1v) is 6.64. The van der Waals surface area contributed by atoms with E-state index < -0.39 is 0 Å². The molecule has 102 valence electrons. The van der Waals surface area contributed by atoms with Crippen LogP contribution >= 0.6 is 0 Å². The third kappa shape index (κ3) is 2.57. The molecule has 1 heterocycles. The number of hydrogen-bond acceptors (Lipinski definition) is 3. The molecule has 0 saturated carbocycles. The van der Waals surface area contributed by atoms with Gasteiger partial charge in [-0.05, 0) is 39.0 Å². The van der Waals surface area contributed by atoms with E-state index >= 15 is 0 Å². The molecule has 4 nitrogen and oxygen atoms in total. The summed E-state index contributed by atoms with van der Waals surface area (Å²) in [6.45, 7) is 7.80. The van der Waals surface area contributed by atoms with Gasteiger partial charge in [-0.15, -0.1) is 0 Å². The van der Waals surface area contributed by atoms with Crippen LogP contribution in [0.15, 0.2) is 28.9 Å². The highest BCUT2D eigenvalue weighted by molar-refractivity contribution is 5.99. The van der Waals surface area contributed by atoms with Crippen LogP contribution in [0.3, 0.4) is 0 Å². The van der Waals surface area contributed by atoms with Crippen molar-refractivity contribution in [1.29, 1.82) is 0 Å². The summed E-state index contributed by atoms with van der Waals surface area (Å²) in [6.07, 6.45) is 1.61. The summed E-state index contributed by atoms with van der Waals surface area (Å²) >= 11 is 0. The van der Waals surface area contributed by atoms with E-state index in [0.717, 1.165) is 5.39 Å². The fourth-order valence-corrected chi connectivity index (χ4v) is 2.13. The largest absolute Gasteiger partial charge is 0.493 e. The van der Waals surface area contributed by atoms with Gasteiger partial charge >= 0.3 is 0 Å². The Hall–Kier alpha value is -1.97. The predicted octanol–water partition coefficient (Wildman–Crippen LogP) is 3.31. The number of carbonyl (C=O) groups excluding carboxylic acids is 1. The zero-order chi connectivity index (χ0) is 13.8. The van der Waals surface area contributed by atoms with Crippen molar-refractivity contribution >= 4 is 16.9 Å². The normalized spacial score (nSPS) is 10.7. The van der Waals surface area contributed by atoms with Crippen LogP contribution in [0.25, 0.3) is 11.0 Å². The smallest absolute Gasteiger partial charge is 0.254 e. The number of benzene rings is 1. The van der Waals surface area contributed by atoms with Crippen LogP contribution in [-0.4, -0.2) is 30.5 Å². The lowest BCUT2D eigenvalue weighted by molar-refractivity contribution is 0.0772. The summed E-state index contributed by atoms with van der Waals surface area (Å²) in [7, 11) is 0. The second kappa shape index (κ2) is 5.78. The number of carbonyl (C=O) groups is 1. The summed E-state index contributed by atoms with van der Waals surface area (Å²) in [5.41, 5.74) is 1.29. The summed E-state index contributed by atoms with van der Waals surface area (Å²) < 4.78 is 11.0. The minimum atomic E-state index is 0.00394. The zero-order valence-corrected chi connectivity index (χ0v) is 11.6. The Morgan fingerprint density at radius 2 is 2.00 bits per heavy atom. The fraction of sp³-hybridized carbons (Fsp3) is 0.400. The van der Waals surface area contributed by atoms with Gasteiger partial charge in [0.05, 0.1) is 18.3 Å². The second-order valence-corrected chi connectivity index (χ2v) is 4.22. The van der Waals surface area contributed by atoms with Gasteiger partial charge in [-0.3, -0.25) is 4.79 Å². The Bertz CT molecular complexity index is 570. The molecule has 19 heavy (non-hydrogen) atoms. The highest BCUT2D eigenvalue weighted by atomic mass is 16.5. The Labute approximate surface area is 112 Å². The number of fused-ring (bicyclic) bond motifs is 1. The van der Waals surface area contributed by atoms with Gasteiger partial charge in [0.1, 0.15) is 11.3 Å². The van der Waals surface area contributed by atoms with Crippen molar-refractivity contribution in [2.24, 2.45) is 0 Å². The molecule has 0 aliphatic carbocycles. The van der Waals surface area contributed by atoms with Crippen LogP contribution in [-0.2, 0) is 0 Å². The summed E-state index contributed by atoms with van der Waals surface area (Å²) in [4.78, 5) is 14.1. The number of hydrogen-bond donors (Lipinski definition) is 0. The van der Waals surface area contributed by atoms with Crippen LogP contribution in [0.4, 0.5) is 0 Å². The average Bonchev–Trinajstić information content (AvgIpc) is 2.88. The summed E-state index contributed by atoms with van der Waals surface area (Å²) in [5.74, 6) is 0.702. The fourth-order valence-electron chi connectivity index (χ4n) is 2.13. The number of amides is 1. The number of nitrogens with zero attached hydrogens (tertiary/aromatic N) is 1. The quantitative estimate of drug-likeness (QED) is 0.829. The molecule has 1 aromatic carbocycles. The second-order valence-electron chi connectivity index (χ2n) is 4.22. The van der Waals surface area contributed by atoms with Crippen LogP contribution in [0.5, 0.6) is 5.75 Å². The lowest BCUT2D eigenvalue weighted by atomic mass is 10.1. The molecule has 0 spiro atoms. The third-order valence-electron chi connectivity index (χ3n) is 3.13. The van der Waals surface area contributed by atoms with Crippen LogP contribution in [0, 0.1) is 0 Å². The van der Waals surface area contributed by atoms with Gasteiger partial charge in [-0.2, -0.15) is 0 Å². The Morgan fingerprint density at radius 3 is 2.63 bits per heavy atom. The molecule has 2 rings (SSSR count). The minimum absolute atomic E-state index is 0.00394. The Balaban J connectivity index is 2.46. The Morgan fingerprint density at radius 1 is 1.26 bits per heavy atom. The van der Waals surface area contributed by atoms with Gasteiger partial charge in [0.2, 0.25) is 0 Å². The maximum absolute atomic E-state index is 12.4. The molecule has 0 N–H and O–H groups in total. The van der Waals surface area contributed by atoms with Crippen molar-refractivity contribution in [2.45, 2.75) is 20.8 Å². The van der Waals surface area contributed by atoms with Gasteiger partial charge in [0, 0.05) is 18.7 Å². The van der Waals surface area contributed by atoms with Crippen molar-refractivity contribution in [3.8, 4) is 5.75 Å². The SMILES string of the molecule is CCOc1cc(C(=O)N(CC)CC)cc2occc12. The summed E-state index contributed by atoms with van der Waals surface area (Å²) in [6, 6.07) is 5.42. The highest BCUT2D eigenvalue weighted by Gasteiger charge is 2.16. The number of ether oxygens (including phenoxy) is 1. The first kappa shape index (κ1) is 13.5. The molecule has 0 unspecified atom stereocenters. The lowest BCUT2D eigenvalue weighted by Crippen LogP contribution is -2.30. The number of furan rings is 1. The molecule has 1 aromatic heterocycles. The van der Waals surface area contributed by atoms with Gasteiger partial charge in [-0.25, -0.2) is 0 Å². The molecule has 0 aliphatic rings. The summed E-state index contributed by atoms with van der Waals surface area (Å²) in [5, 5.41) is 0.901. The topological polar surface area (TPSA) is 42.7 Å². The molecule has 0 aliphatic heterocycles. The molecular formula is C15H19NO3. The van der Waals surface area contributed by atoms with Gasteiger partial charge in [0.15, 0.2) is 0 Å². The van der Waals surface area contributed by atoms with Crippen molar-refractivity contribution in [2.75, 3.05) is 19.7 Å². The molecular weight excluding hydrogens is 242 g/mol. The van der Waals surface area contributed by atoms with E-state index in [1.54, 1.807) is 23.3 Å². The van der Waals surface area contributed by atoms with E-state index in [2.05, 4.69) is 0 Å². The van der Waals surface area contributed by atoms with Gasteiger partial charge < -0.3 is 14.1 Å². The third-order valence-corrected chi connectivity index (χ3v) is 3.13. The van der Waals surface area contributed by atoms with E-state index in [0.29, 0.717) is 36.6 Å². The van der Waals surface area contributed by atoms with E-state index in [1.165, 1.54) is 0 Å². The molecule has 0 bridgehead atoms. The minimum Gasteiger partial charge on any atom is -0.493 e. The van der Waals surface area contributed by atoms with Crippen molar-refractivity contribution in [3.05, 3.63) is 30.0 Å². The first-order chi connectivity index (χ1) is 9.21. The van der Waals surface area contributed by atoms with E-state index in [-0.39, 0.29) is 5.91 Å². The van der Waals surface area contributed by atoms with Crippen molar-refractivity contribution in [3.63, 3.8) is 0 Å².